The van der Waals surface area contributed by atoms with Gasteiger partial charge in [0.15, 0.2) is 6.04 Å². The van der Waals surface area contributed by atoms with Crippen LogP contribution in [0.4, 0.5) is 5.69 Å². The van der Waals surface area contributed by atoms with Gasteiger partial charge in [0.05, 0.1) is 5.56 Å². The molecule has 5 nitrogen and oxygen atoms in total. The zero-order valence-electron chi connectivity index (χ0n) is 11.5. The number of aryl methyl sites for hydroxylation is 1. The van der Waals surface area contributed by atoms with Crippen LogP contribution in [0.3, 0.4) is 0 Å². The van der Waals surface area contributed by atoms with Crippen LogP contribution >= 0.6 is 0 Å². The summed E-state index contributed by atoms with van der Waals surface area (Å²) in [5.41, 5.74) is 7.74. The zero-order valence-corrected chi connectivity index (χ0v) is 11.5. The largest absolute Gasteiger partial charge is 0.479 e. The van der Waals surface area contributed by atoms with Gasteiger partial charge in [-0.2, -0.15) is 0 Å². The van der Waals surface area contributed by atoms with Crippen LogP contribution < -0.4 is 11.1 Å². The van der Waals surface area contributed by atoms with Gasteiger partial charge in [-0.1, -0.05) is 42.0 Å². The number of hydrogen-bond acceptors (Lipinski definition) is 3. The average molecular weight is 284 g/mol. The number of nitrogens with two attached hydrogens (primary N) is 1. The minimum absolute atomic E-state index is 0.275. The van der Waals surface area contributed by atoms with Crippen molar-refractivity contribution in [3.8, 4) is 0 Å². The Kier molecular flexibility index (Phi) is 4.23. The van der Waals surface area contributed by atoms with Crippen LogP contribution in [0.2, 0.25) is 0 Å². The summed E-state index contributed by atoms with van der Waals surface area (Å²) in [6, 6.07) is 12.5. The van der Waals surface area contributed by atoms with Crippen LogP contribution in [0.5, 0.6) is 0 Å². The van der Waals surface area contributed by atoms with Crippen molar-refractivity contribution >= 4 is 17.6 Å². The predicted molar refractivity (Wildman–Crippen MR) is 79.9 cm³/mol. The van der Waals surface area contributed by atoms with Gasteiger partial charge >= 0.3 is 5.97 Å². The number of nitrogen functional groups attached to an aromatic ring is 1. The first-order valence-electron chi connectivity index (χ1n) is 6.44. The van der Waals surface area contributed by atoms with Crippen LogP contribution in [0, 0.1) is 6.92 Å². The maximum absolute atomic E-state index is 12.3. The molecule has 1 unspecified atom stereocenters. The van der Waals surface area contributed by atoms with Gasteiger partial charge in [0.2, 0.25) is 0 Å². The van der Waals surface area contributed by atoms with E-state index in [0.717, 1.165) is 5.56 Å². The number of anilines is 1. The third-order valence-corrected chi connectivity index (χ3v) is 3.11. The SMILES string of the molecule is Cc1ccc(N)c(C(=O)NC(C(=O)O)c2ccccc2)c1. The number of nitrogens with one attached hydrogen (secondary N) is 1. The Hall–Kier alpha value is -2.82. The fourth-order valence-corrected chi connectivity index (χ4v) is 2.01. The Balaban J connectivity index is 2.27. The van der Waals surface area contributed by atoms with Crippen LogP contribution in [0.15, 0.2) is 48.5 Å². The number of hydrogen-bond donors (Lipinski definition) is 3. The molecular formula is C16H16N2O3. The van der Waals surface area contributed by atoms with E-state index in [9.17, 15) is 14.7 Å². The summed E-state index contributed by atoms with van der Waals surface area (Å²) < 4.78 is 0. The van der Waals surface area contributed by atoms with Crippen LogP contribution in [0.25, 0.3) is 0 Å². The van der Waals surface area contributed by atoms with E-state index in [1.54, 1.807) is 48.5 Å². The number of aliphatic carboxylic acids is 1. The van der Waals surface area contributed by atoms with Gasteiger partial charge in [0.25, 0.3) is 5.91 Å². The van der Waals surface area contributed by atoms with Crippen molar-refractivity contribution in [1.82, 2.24) is 5.32 Å². The van der Waals surface area contributed by atoms with Crippen molar-refractivity contribution in [3.05, 3.63) is 65.2 Å². The first kappa shape index (κ1) is 14.6. The van der Waals surface area contributed by atoms with Crippen LogP contribution in [0.1, 0.15) is 27.5 Å². The van der Waals surface area contributed by atoms with E-state index in [4.69, 9.17) is 5.73 Å². The van der Waals surface area contributed by atoms with Gasteiger partial charge in [-0.15, -0.1) is 0 Å². The Morgan fingerprint density at radius 3 is 2.43 bits per heavy atom. The molecule has 0 saturated carbocycles. The molecule has 0 heterocycles. The molecule has 0 fully saturated rings. The second-order valence-corrected chi connectivity index (χ2v) is 4.75. The molecule has 1 atom stereocenters. The van der Waals surface area contributed by atoms with Crippen molar-refractivity contribution in [2.75, 3.05) is 5.73 Å². The molecule has 0 aliphatic carbocycles. The lowest BCUT2D eigenvalue weighted by molar-refractivity contribution is -0.139. The van der Waals surface area contributed by atoms with Crippen LogP contribution in [-0.2, 0) is 4.79 Å². The molecule has 0 bridgehead atoms. The molecule has 2 rings (SSSR count). The standard InChI is InChI=1S/C16H16N2O3/c1-10-7-8-13(17)12(9-10)15(19)18-14(16(20)21)11-5-3-2-4-6-11/h2-9,14H,17H2,1H3,(H,18,19)(H,20,21). The molecule has 0 saturated heterocycles. The summed E-state index contributed by atoms with van der Waals surface area (Å²) >= 11 is 0. The molecule has 5 heteroatoms. The lowest BCUT2D eigenvalue weighted by atomic mass is 10.1. The average Bonchev–Trinajstić information content (AvgIpc) is 2.47. The van der Waals surface area contributed by atoms with Crippen molar-refractivity contribution in [3.63, 3.8) is 0 Å². The highest BCUT2D eigenvalue weighted by Crippen LogP contribution is 2.17. The smallest absolute Gasteiger partial charge is 0.330 e. The Labute approximate surface area is 122 Å². The molecule has 0 aliphatic rings. The van der Waals surface area contributed by atoms with E-state index in [1.807, 2.05) is 6.92 Å². The topological polar surface area (TPSA) is 92.4 Å². The molecular weight excluding hydrogens is 268 g/mol. The highest BCUT2D eigenvalue weighted by Gasteiger charge is 2.23. The number of benzene rings is 2. The van der Waals surface area contributed by atoms with Crippen molar-refractivity contribution in [1.29, 1.82) is 0 Å². The van der Waals surface area contributed by atoms with E-state index < -0.39 is 17.9 Å². The third-order valence-electron chi connectivity index (χ3n) is 3.11. The van der Waals surface area contributed by atoms with Gasteiger partial charge in [-0.25, -0.2) is 4.79 Å². The molecule has 108 valence electrons. The number of carbonyl (C=O) groups is 2. The summed E-state index contributed by atoms with van der Waals surface area (Å²) in [6.45, 7) is 1.84. The lowest BCUT2D eigenvalue weighted by Crippen LogP contribution is -2.34. The zero-order chi connectivity index (χ0) is 15.4. The number of carbonyl (C=O) groups excluding carboxylic acids is 1. The van der Waals surface area contributed by atoms with Gasteiger partial charge in [0.1, 0.15) is 0 Å². The summed E-state index contributed by atoms with van der Waals surface area (Å²) in [5.74, 6) is -1.63. The highest BCUT2D eigenvalue weighted by atomic mass is 16.4. The highest BCUT2D eigenvalue weighted by molar-refractivity contribution is 6.01. The minimum Gasteiger partial charge on any atom is -0.479 e. The second kappa shape index (κ2) is 6.09. The lowest BCUT2D eigenvalue weighted by Gasteiger charge is -2.16. The first-order valence-corrected chi connectivity index (χ1v) is 6.44. The van der Waals surface area contributed by atoms with Crippen molar-refractivity contribution in [2.45, 2.75) is 13.0 Å². The summed E-state index contributed by atoms with van der Waals surface area (Å²) in [5, 5.41) is 11.8. The molecule has 0 spiro atoms. The van der Waals surface area contributed by atoms with Gasteiger partial charge in [0, 0.05) is 5.69 Å². The summed E-state index contributed by atoms with van der Waals surface area (Å²) in [4.78, 5) is 23.6. The quantitative estimate of drug-likeness (QED) is 0.750. The van der Waals surface area contributed by atoms with E-state index in [2.05, 4.69) is 5.32 Å². The monoisotopic (exact) mass is 284 g/mol. The normalized spacial score (nSPS) is 11.7. The van der Waals surface area contributed by atoms with E-state index in [0.29, 0.717) is 11.3 Å². The summed E-state index contributed by atoms with van der Waals surface area (Å²) in [7, 11) is 0. The van der Waals surface area contributed by atoms with Gasteiger partial charge in [-0.3, -0.25) is 4.79 Å². The first-order chi connectivity index (χ1) is 9.99. The summed E-state index contributed by atoms with van der Waals surface area (Å²) in [6.07, 6.45) is 0. The number of carboxylic acid groups (broad SMARTS) is 1. The number of carboxylic acids is 1. The van der Waals surface area contributed by atoms with E-state index >= 15 is 0 Å². The molecule has 0 aromatic heterocycles. The molecule has 2 aromatic carbocycles. The van der Waals surface area contributed by atoms with Crippen molar-refractivity contribution in [2.24, 2.45) is 0 Å². The fraction of sp³-hybridized carbons (Fsp3) is 0.125. The Morgan fingerprint density at radius 1 is 1.14 bits per heavy atom. The van der Waals surface area contributed by atoms with Crippen molar-refractivity contribution < 1.29 is 14.7 Å². The predicted octanol–water partition coefficient (Wildman–Crippen LogP) is 2.13. The molecule has 4 N–H and O–H groups in total. The Bertz CT molecular complexity index is 668. The van der Waals surface area contributed by atoms with E-state index in [-0.39, 0.29) is 5.56 Å². The third kappa shape index (κ3) is 3.39. The fourth-order valence-electron chi connectivity index (χ4n) is 2.01. The van der Waals surface area contributed by atoms with Gasteiger partial charge < -0.3 is 16.2 Å². The number of rotatable bonds is 4. The number of amides is 1. The molecule has 1 amide bonds. The molecule has 21 heavy (non-hydrogen) atoms. The molecule has 2 aromatic rings. The van der Waals surface area contributed by atoms with Crippen LogP contribution in [-0.4, -0.2) is 17.0 Å². The molecule has 0 aliphatic heterocycles. The molecule has 0 radical (unpaired) electrons. The minimum atomic E-state index is -1.12. The second-order valence-electron chi connectivity index (χ2n) is 4.75. The maximum atomic E-state index is 12.3. The maximum Gasteiger partial charge on any atom is 0.330 e. The van der Waals surface area contributed by atoms with E-state index in [1.165, 1.54) is 0 Å². The van der Waals surface area contributed by atoms with Gasteiger partial charge in [-0.05, 0) is 24.6 Å². The Morgan fingerprint density at radius 2 is 1.81 bits per heavy atom.